The number of alkyl halides is 5. The van der Waals surface area contributed by atoms with E-state index < -0.39 is 64.5 Å². The summed E-state index contributed by atoms with van der Waals surface area (Å²) in [6.07, 6.45) is 1.74. The smallest absolute Gasteiger partial charge is 0.434 e. The Labute approximate surface area is 324 Å². The Morgan fingerprint density at radius 3 is 2.42 bits per heavy atom. The van der Waals surface area contributed by atoms with Crippen molar-refractivity contribution in [1.82, 2.24) is 29.8 Å². The van der Waals surface area contributed by atoms with Gasteiger partial charge in [-0.2, -0.15) is 13.2 Å². The lowest BCUT2D eigenvalue weighted by Crippen LogP contribution is -2.66. The maximum Gasteiger partial charge on any atom is 0.434 e. The number of carbonyl (C=O) groups excluding carboxylic acids is 1. The van der Waals surface area contributed by atoms with Crippen molar-refractivity contribution in [2.75, 3.05) is 18.0 Å². The molecule has 2 bridgehead atoms. The summed E-state index contributed by atoms with van der Waals surface area (Å²) in [5, 5.41) is 13.5. The zero-order valence-electron chi connectivity index (χ0n) is 31.4. The summed E-state index contributed by atoms with van der Waals surface area (Å²) in [5.41, 5.74) is -3.46. The van der Waals surface area contributed by atoms with Crippen LogP contribution in [0, 0.1) is 29.5 Å². The summed E-state index contributed by atoms with van der Waals surface area (Å²) < 4.78 is 94.5. The molecule has 3 aliphatic carbocycles. The van der Waals surface area contributed by atoms with Gasteiger partial charge in [-0.3, -0.25) is 4.79 Å². The average molecular weight is 800 g/mol. The van der Waals surface area contributed by atoms with Crippen molar-refractivity contribution in [3.8, 4) is 17.1 Å². The van der Waals surface area contributed by atoms with E-state index in [9.17, 15) is 41.0 Å². The molecule has 57 heavy (non-hydrogen) atoms. The number of aliphatic carboxylic acids is 1. The number of aromatic nitrogens is 5. The molecule has 1 aliphatic heterocycles. The number of anilines is 1. The van der Waals surface area contributed by atoms with E-state index in [1.54, 1.807) is 35.9 Å². The van der Waals surface area contributed by atoms with Crippen LogP contribution in [0.2, 0.25) is 0 Å². The lowest BCUT2D eigenvalue weighted by molar-refractivity contribution is -0.155. The van der Waals surface area contributed by atoms with Gasteiger partial charge in [-0.1, -0.05) is 13.8 Å². The Morgan fingerprint density at radius 2 is 1.72 bits per heavy atom. The van der Waals surface area contributed by atoms with Gasteiger partial charge < -0.3 is 24.6 Å². The normalized spacial score (nSPS) is 27.7. The number of carbonyl (C=O) groups is 2. The third kappa shape index (κ3) is 7.37. The fraction of sp³-hybridized carbons (Fsp3) is 0.550. The molecule has 1 amide bonds. The standard InChI is InChI=1S/C40H43F6N7O4/c1-21-11-23-13-22(2)39(36(55)56,24(12-21)14-23)51-35(54)30-18-47-34(50-33(30)40(44,45)46)31-20-53(26-5-8-38(42,43)9-6-26)32-15-27(3-4-29(31)32)57-28-7-10-52(19-28)37-48-16-25(41)17-49-37/h3-4,15-18,20-24,26,28H,5-14,19H2,1-2H3,(H,51,54)(H,55,56)/t21?,22?,23?,24?,28-,39?/m0/s1. The zero-order valence-corrected chi connectivity index (χ0v) is 31.4. The largest absolute Gasteiger partial charge is 0.488 e. The highest BCUT2D eigenvalue weighted by Crippen LogP contribution is 2.51. The summed E-state index contributed by atoms with van der Waals surface area (Å²) in [4.78, 5) is 44.9. The van der Waals surface area contributed by atoms with Crippen LogP contribution in [0.15, 0.2) is 43.0 Å². The van der Waals surface area contributed by atoms with Crippen LogP contribution in [-0.2, 0) is 11.0 Å². The van der Waals surface area contributed by atoms with Gasteiger partial charge in [0.25, 0.3) is 5.91 Å². The maximum atomic E-state index is 14.8. The lowest BCUT2D eigenvalue weighted by atomic mass is 9.56. The number of ether oxygens (including phenoxy) is 1. The number of nitrogens with zero attached hydrogens (tertiary/aromatic N) is 6. The van der Waals surface area contributed by atoms with Crippen molar-refractivity contribution < 1.29 is 45.8 Å². The van der Waals surface area contributed by atoms with Crippen LogP contribution < -0.4 is 15.0 Å². The van der Waals surface area contributed by atoms with Crippen molar-refractivity contribution in [3.05, 3.63) is 60.1 Å². The van der Waals surface area contributed by atoms with E-state index in [0.717, 1.165) is 25.0 Å². The number of halogens is 6. The van der Waals surface area contributed by atoms with Gasteiger partial charge in [-0.25, -0.2) is 37.9 Å². The van der Waals surface area contributed by atoms with Crippen LogP contribution in [0.25, 0.3) is 22.3 Å². The summed E-state index contributed by atoms with van der Waals surface area (Å²) in [6.45, 7) is 4.70. The molecule has 3 saturated carbocycles. The predicted octanol–water partition coefficient (Wildman–Crippen LogP) is 8.10. The quantitative estimate of drug-likeness (QED) is 0.170. The van der Waals surface area contributed by atoms with Gasteiger partial charge in [0, 0.05) is 61.3 Å². The monoisotopic (exact) mass is 799 g/mol. The Bertz CT molecular complexity index is 2170. The Balaban J connectivity index is 1.13. The molecule has 11 nitrogen and oxygen atoms in total. The SMILES string of the molecule is CC1CC2CC(C)C(NC(=O)c3cnc(-c4cn(C5CCC(F)(F)CC5)c5cc(O[C@H]6CCN(c7ncc(F)cn7)C6)ccc45)nc3C(F)(F)F)(C(=O)O)C(C1)C2. The number of fused-ring (bicyclic) bond motifs is 3. The van der Waals surface area contributed by atoms with Gasteiger partial charge in [0.2, 0.25) is 11.9 Å². The number of hydrogen-bond donors (Lipinski definition) is 2. The molecule has 4 aromatic rings. The van der Waals surface area contributed by atoms with Crippen LogP contribution >= 0.6 is 0 Å². The topological polar surface area (TPSA) is 135 Å². The molecule has 4 heterocycles. The summed E-state index contributed by atoms with van der Waals surface area (Å²) in [5.74, 6) is -5.94. The Kier molecular flexibility index (Phi) is 9.86. The van der Waals surface area contributed by atoms with E-state index in [2.05, 4.69) is 25.3 Å². The number of hydrogen-bond acceptors (Lipinski definition) is 8. The van der Waals surface area contributed by atoms with Gasteiger partial charge in [-0.05, 0) is 74.3 Å². The first-order chi connectivity index (χ1) is 27.0. The van der Waals surface area contributed by atoms with Gasteiger partial charge in [0.1, 0.15) is 17.4 Å². The van der Waals surface area contributed by atoms with Crippen LogP contribution in [0.1, 0.15) is 93.7 Å². The second-order valence-corrected chi connectivity index (χ2v) is 16.5. The molecule has 8 rings (SSSR count). The lowest BCUT2D eigenvalue weighted by Gasteiger charge is -2.52. The molecular weight excluding hydrogens is 756 g/mol. The minimum Gasteiger partial charge on any atom is -0.488 e. The minimum absolute atomic E-state index is 0.120. The first-order valence-corrected chi connectivity index (χ1v) is 19.4. The van der Waals surface area contributed by atoms with Gasteiger partial charge in [-0.15, -0.1) is 0 Å². The average Bonchev–Trinajstić information content (AvgIpc) is 3.77. The molecule has 304 valence electrons. The molecule has 0 spiro atoms. The van der Waals surface area contributed by atoms with Crippen LogP contribution in [0.3, 0.4) is 0 Å². The molecule has 4 fully saturated rings. The molecule has 17 heteroatoms. The molecule has 5 unspecified atom stereocenters. The molecule has 3 aromatic heterocycles. The third-order valence-electron chi connectivity index (χ3n) is 12.6. The second kappa shape index (κ2) is 14.5. The van der Waals surface area contributed by atoms with Crippen molar-refractivity contribution in [2.45, 2.75) is 101 Å². The molecule has 2 N–H and O–H groups in total. The zero-order chi connectivity index (χ0) is 40.4. The number of carboxylic acids is 1. The first-order valence-electron chi connectivity index (χ1n) is 19.4. The second-order valence-electron chi connectivity index (χ2n) is 16.5. The fourth-order valence-corrected chi connectivity index (χ4v) is 9.97. The van der Waals surface area contributed by atoms with Crippen LogP contribution in [-0.4, -0.2) is 72.1 Å². The predicted molar refractivity (Wildman–Crippen MR) is 195 cm³/mol. The highest BCUT2D eigenvalue weighted by atomic mass is 19.4. The number of rotatable bonds is 8. The summed E-state index contributed by atoms with van der Waals surface area (Å²) in [6, 6.07) is 4.61. The van der Waals surface area contributed by atoms with E-state index in [1.165, 1.54) is 0 Å². The summed E-state index contributed by atoms with van der Waals surface area (Å²) >= 11 is 0. The first kappa shape index (κ1) is 38.9. The molecule has 6 atom stereocenters. The van der Waals surface area contributed by atoms with E-state index in [1.807, 2.05) is 11.8 Å². The fourth-order valence-electron chi connectivity index (χ4n) is 9.97. The van der Waals surface area contributed by atoms with Crippen molar-refractivity contribution in [2.24, 2.45) is 23.7 Å². The third-order valence-corrected chi connectivity index (χ3v) is 12.6. The molecule has 0 radical (unpaired) electrons. The number of nitrogens with one attached hydrogen (secondary N) is 1. The van der Waals surface area contributed by atoms with E-state index >= 15 is 0 Å². The minimum atomic E-state index is -5.12. The van der Waals surface area contributed by atoms with Gasteiger partial charge in [0.15, 0.2) is 17.3 Å². The van der Waals surface area contributed by atoms with E-state index in [4.69, 9.17) is 4.74 Å². The van der Waals surface area contributed by atoms with E-state index in [0.29, 0.717) is 61.4 Å². The molecule has 1 aromatic carbocycles. The number of benzene rings is 1. The molecular formula is C40H43F6N7O4. The Hall–Kier alpha value is -4.96. The molecule has 4 aliphatic rings. The Morgan fingerprint density at radius 1 is 0.982 bits per heavy atom. The van der Waals surface area contributed by atoms with Crippen molar-refractivity contribution in [3.63, 3.8) is 0 Å². The highest BCUT2D eigenvalue weighted by Gasteiger charge is 2.57. The van der Waals surface area contributed by atoms with Crippen molar-refractivity contribution in [1.29, 1.82) is 0 Å². The van der Waals surface area contributed by atoms with Crippen LogP contribution in [0.5, 0.6) is 5.75 Å². The molecule has 1 saturated heterocycles. The van der Waals surface area contributed by atoms with Gasteiger partial charge >= 0.3 is 12.1 Å². The highest BCUT2D eigenvalue weighted by molar-refractivity contribution is 6.00. The van der Waals surface area contributed by atoms with Gasteiger partial charge in [0.05, 0.1) is 30.0 Å². The number of carboxylic acid groups (broad SMARTS) is 1. The van der Waals surface area contributed by atoms with Crippen molar-refractivity contribution >= 4 is 28.7 Å². The van der Waals surface area contributed by atoms with E-state index in [-0.39, 0.29) is 55.0 Å². The van der Waals surface area contributed by atoms with Crippen LogP contribution in [0.4, 0.5) is 32.3 Å². The number of amides is 1. The summed E-state index contributed by atoms with van der Waals surface area (Å²) in [7, 11) is 0. The maximum absolute atomic E-state index is 14.8.